The Hall–Kier alpha value is -0.260. The Morgan fingerprint density at radius 3 is 2.29 bits per heavy atom. The molecule has 0 aromatic heterocycles. The zero-order valence-corrected chi connectivity index (χ0v) is 16.3. The molecule has 1 amide bonds. The summed E-state index contributed by atoms with van der Waals surface area (Å²) in [7, 11) is 0. The Bertz CT molecular complexity index is 448. The third-order valence-electron chi connectivity index (χ3n) is 4.19. The Morgan fingerprint density at radius 1 is 1.38 bits per heavy atom. The maximum absolute atomic E-state index is 11.6. The topological polar surface area (TPSA) is 159 Å². The summed E-state index contributed by atoms with van der Waals surface area (Å²) in [6, 6.07) is -1.14. The molecule has 1 unspecified atom stereocenters. The number of hydrogen-bond donors (Lipinski definition) is 5. The van der Waals surface area contributed by atoms with E-state index in [0.717, 1.165) is 0 Å². The fourth-order valence-electron chi connectivity index (χ4n) is 2.78. The first kappa shape index (κ1) is 23.7. The van der Waals surface area contributed by atoms with Gasteiger partial charge in [-0.25, -0.2) is 0 Å². The van der Waals surface area contributed by atoms with Crippen molar-refractivity contribution >= 4 is 11.9 Å². The Labute approximate surface area is 162 Å². The van der Waals surface area contributed by atoms with Crippen LogP contribution in [0.1, 0.15) is 27.2 Å². The van der Waals surface area contributed by atoms with Gasteiger partial charge in [-0.3, -0.25) is 4.79 Å². The second-order valence-corrected chi connectivity index (χ2v) is 6.15. The molecule has 5 N–H and O–H groups in total. The van der Waals surface area contributed by atoms with Gasteiger partial charge in [0.05, 0.1) is 24.7 Å². The van der Waals surface area contributed by atoms with E-state index in [9.17, 15) is 30.0 Å². The molecular weight excluding hydrogens is 333 g/mol. The van der Waals surface area contributed by atoms with Crippen LogP contribution in [0.25, 0.3) is 0 Å². The van der Waals surface area contributed by atoms with Crippen molar-refractivity contribution in [3.63, 3.8) is 0 Å². The van der Waals surface area contributed by atoms with E-state index >= 15 is 0 Å². The smallest absolute Gasteiger partial charge is 0.547 e. The van der Waals surface area contributed by atoms with Gasteiger partial charge in [0, 0.05) is 13.3 Å². The van der Waals surface area contributed by atoms with Gasteiger partial charge in [0.25, 0.3) is 0 Å². The molecule has 0 aromatic carbocycles. The molecule has 0 aliphatic carbocycles. The molecule has 24 heavy (non-hydrogen) atoms. The van der Waals surface area contributed by atoms with Crippen LogP contribution in [0.5, 0.6) is 0 Å². The van der Waals surface area contributed by atoms with Crippen molar-refractivity contribution in [2.75, 3.05) is 6.61 Å². The van der Waals surface area contributed by atoms with Gasteiger partial charge in [-0.2, -0.15) is 0 Å². The summed E-state index contributed by atoms with van der Waals surface area (Å²) in [6.45, 7) is 3.48. The Kier molecular flexibility index (Phi) is 9.34. The molecule has 1 saturated heterocycles. The number of aliphatic hydroxyl groups excluding tert-OH is 4. The Balaban J connectivity index is 0.00000529. The number of carbonyl (C=O) groups is 2. The standard InChI is InChI=1S/C14H25NO8.Na/c1-6(2)14(13(21)22)4-8(18)10(15-7(3)17)12(23-14)11(20)9(19)5-16;/h6,8-12,16,18-20H,4-5H2,1-3H3,(H,15,17)(H,21,22);/q;+1/p-1/t8-,9+,10+,11+,12?,14-;/m0./s1. The van der Waals surface area contributed by atoms with Gasteiger partial charge in [-0.05, 0) is 5.92 Å². The van der Waals surface area contributed by atoms with Crippen LogP contribution in [0, 0.1) is 5.92 Å². The molecule has 0 saturated carbocycles. The van der Waals surface area contributed by atoms with Gasteiger partial charge in [0.2, 0.25) is 5.91 Å². The maximum atomic E-state index is 11.6. The molecule has 6 atom stereocenters. The molecule has 1 aliphatic heterocycles. The second-order valence-electron chi connectivity index (χ2n) is 6.15. The molecule has 1 aliphatic rings. The number of ether oxygens (including phenoxy) is 1. The van der Waals surface area contributed by atoms with Crippen molar-refractivity contribution in [2.45, 2.75) is 63.3 Å². The van der Waals surface area contributed by atoms with Gasteiger partial charge in [-0.15, -0.1) is 0 Å². The van der Waals surface area contributed by atoms with Gasteiger partial charge in [-0.1, -0.05) is 13.8 Å². The van der Waals surface area contributed by atoms with Gasteiger partial charge >= 0.3 is 29.6 Å². The summed E-state index contributed by atoms with van der Waals surface area (Å²) < 4.78 is 5.51. The Morgan fingerprint density at radius 2 is 1.92 bits per heavy atom. The predicted molar refractivity (Wildman–Crippen MR) is 74.8 cm³/mol. The minimum absolute atomic E-state index is 0. The van der Waals surface area contributed by atoms with E-state index < -0.39 is 60.5 Å². The number of rotatable bonds is 6. The number of aliphatic hydroxyl groups is 4. The number of nitrogens with one attached hydrogen (secondary N) is 1. The van der Waals surface area contributed by atoms with Crippen molar-refractivity contribution in [1.29, 1.82) is 0 Å². The summed E-state index contributed by atoms with van der Waals surface area (Å²) in [5.74, 6) is -2.70. The molecule has 10 heteroatoms. The average Bonchev–Trinajstić information content (AvgIpc) is 2.46. The summed E-state index contributed by atoms with van der Waals surface area (Å²) in [5, 5.41) is 53.0. The van der Waals surface area contributed by atoms with Gasteiger partial charge in [0.15, 0.2) is 0 Å². The summed E-state index contributed by atoms with van der Waals surface area (Å²) in [4.78, 5) is 22.9. The van der Waals surface area contributed by atoms with Crippen molar-refractivity contribution in [2.24, 2.45) is 5.92 Å². The van der Waals surface area contributed by atoms with E-state index in [1.807, 2.05) is 0 Å². The minimum atomic E-state index is -1.89. The predicted octanol–water partition coefficient (Wildman–Crippen LogP) is -6.50. The van der Waals surface area contributed by atoms with E-state index in [0.29, 0.717) is 0 Å². The first-order chi connectivity index (χ1) is 10.6. The number of aliphatic carboxylic acids is 1. The van der Waals surface area contributed by atoms with Crippen LogP contribution >= 0.6 is 0 Å². The zero-order chi connectivity index (χ0) is 17.9. The van der Waals surface area contributed by atoms with Crippen molar-refractivity contribution in [3.8, 4) is 0 Å². The summed E-state index contributed by atoms with van der Waals surface area (Å²) in [6.07, 6.45) is -6.49. The van der Waals surface area contributed by atoms with Crippen LogP contribution < -0.4 is 40.0 Å². The summed E-state index contributed by atoms with van der Waals surface area (Å²) in [5.41, 5.74) is -1.89. The van der Waals surface area contributed by atoms with E-state index in [-0.39, 0.29) is 36.0 Å². The van der Waals surface area contributed by atoms with Crippen LogP contribution in [-0.2, 0) is 14.3 Å². The molecule has 0 bridgehead atoms. The van der Waals surface area contributed by atoms with Gasteiger partial charge < -0.3 is 40.4 Å². The molecule has 0 spiro atoms. The number of carbonyl (C=O) groups excluding carboxylic acids is 2. The molecule has 1 fully saturated rings. The molecular formula is C14H24NNaO8. The zero-order valence-electron chi connectivity index (χ0n) is 14.3. The fraction of sp³-hybridized carbons (Fsp3) is 0.857. The third kappa shape index (κ3) is 4.89. The largest absolute Gasteiger partial charge is 1.00 e. The van der Waals surface area contributed by atoms with Crippen LogP contribution in [0.2, 0.25) is 0 Å². The van der Waals surface area contributed by atoms with E-state index in [1.54, 1.807) is 13.8 Å². The first-order valence-electron chi connectivity index (χ1n) is 7.38. The maximum Gasteiger partial charge on any atom is 1.00 e. The SMILES string of the molecule is CC(=O)N[C@H]1C([C@H](O)[C@H](O)CO)O[C@](C(=O)[O-])(C(C)C)C[C@@H]1O.[Na+]. The van der Waals surface area contributed by atoms with Crippen molar-refractivity contribution in [1.82, 2.24) is 5.32 Å². The summed E-state index contributed by atoms with van der Waals surface area (Å²) >= 11 is 0. The normalized spacial score (nSPS) is 32.6. The van der Waals surface area contributed by atoms with E-state index in [4.69, 9.17) is 9.84 Å². The number of carboxylic acid groups (broad SMARTS) is 1. The van der Waals surface area contributed by atoms with Gasteiger partial charge in [0.1, 0.15) is 23.9 Å². The number of hydrogen-bond acceptors (Lipinski definition) is 8. The second kappa shape index (κ2) is 9.44. The fourth-order valence-corrected chi connectivity index (χ4v) is 2.78. The number of amides is 1. The van der Waals surface area contributed by atoms with E-state index in [2.05, 4.69) is 5.32 Å². The van der Waals surface area contributed by atoms with Crippen LogP contribution in [0.4, 0.5) is 0 Å². The van der Waals surface area contributed by atoms with Crippen LogP contribution in [0.15, 0.2) is 0 Å². The quantitative estimate of drug-likeness (QED) is 0.293. The molecule has 9 nitrogen and oxygen atoms in total. The molecule has 1 rings (SSSR count). The van der Waals surface area contributed by atoms with Crippen LogP contribution in [-0.4, -0.2) is 75.0 Å². The van der Waals surface area contributed by atoms with Crippen molar-refractivity contribution in [3.05, 3.63) is 0 Å². The molecule has 0 aromatic rings. The third-order valence-corrected chi connectivity index (χ3v) is 4.19. The molecule has 1 heterocycles. The molecule has 134 valence electrons. The average molecular weight is 357 g/mol. The first-order valence-corrected chi connectivity index (χ1v) is 7.38. The van der Waals surface area contributed by atoms with Crippen molar-refractivity contribution < 1.29 is 69.4 Å². The van der Waals surface area contributed by atoms with E-state index in [1.165, 1.54) is 6.92 Å². The molecule has 0 radical (unpaired) electrons. The monoisotopic (exact) mass is 357 g/mol. The number of carboxylic acids is 1. The van der Waals surface area contributed by atoms with Crippen LogP contribution in [0.3, 0.4) is 0 Å². The minimum Gasteiger partial charge on any atom is -0.547 e.